The van der Waals surface area contributed by atoms with Crippen molar-refractivity contribution in [2.24, 2.45) is 4.99 Å². The molecule has 1 saturated heterocycles. The van der Waals surface area contributed by atoms with Gasteiger partial charge >= 0.3 is 0 Å². The summed E-state index contributed by atoms with van der Waals surface area (Å²) in [7, 11) is -6.28. The Morgan fingerprint density at radius 2 is 1.92 bits per heavy atom. The van der Waals surface area contributed by atoms with Gasteiger partial charge < -0.3 is 10.2 Å². The van der Waals surface area contributed by atoms with Crippen molar-refractivity contribution in [1.29, 1.82) is 0 Å². The highest BCUT2D eigenvalue weighted by atomic mass is 127. The summed E-state index contributed by atoms with van der Waals surface area (Å²) in [5.41, 5.74) is 0. The molecule has 0 aliphatic carbocycles. The van der Waals surface area contributed by atoms with E-state index < -0.39 is 24.6 Å². The van der Waals surface area contributed by atoms with E-state index in [1.54, 1.807) is 13.8 Å². The van der Waals surface area contributed by atoms with Gasteiger partial charge in [-0.2, -0.15) is 0 Å². The zero-order valence-corrected chi connectivity index (χ0v) is 20.3. The highest BCUT2D eigenvalue weighted by molar-refractivity contribution is 14.0. The smallest absolute Gasteiger partial charge is 0.211 e. The van der Waals surface area contributed by atoms with Crippen LogP contribution in [-0.4, -0.2) is 88.0 Å². The lowest BCUT2D eigenvalue weighted by Crippen LogP contribution is -2.57. The van der Waals surface area contributed by atoms with E-state index in [1.807, 2.05) is 18.7 Å². The van der Waals surface area contributed by atoms with Gasteiger partial charge in [0.05, 0.1) is 16.8 Å². The van der Waals surface area contributed by atoms with Crippen molar-refractivity contribution < 1.29 is 16.8 Å². The van der Waals surface area contributed by atoms with Crippen molar-refractivity contribution in [2.45, 2.75) is 38.9 Å². The first-order valence-corrected chi connectivity index (χ1v) is 12.2. The summed E-state index contributed by atoms with van der Waals surface area (Å²) in [6, 6.07) is 0. The van der Waals surface area contributed by atoms with Crippen LogP contribution in [0.2, 0.25) is 0 Å². The number of nitrogens with zero attached hydrogens (tertiary/aromatic N) is 3. The van der Waals surface area contributed by atoms with E-state index in [4.69, 9.17) is 0 Å². The van der Waals surface area contributed by atoms with Gasteiger partial charge in [0.25, 0.3) is 0 Å². The molecule has 1 N–H and O–H groups in total. The summed E-state index contributed by atoms with van der Waals surface area (Å²) >= 11 is 0. The summed E-state index contributed by atoms with van der Waals surface area (Å²) in [4.78, 5) is 6.52. The van der Waals surface area contributed by atoms with Crippen LogP contribution in [0.1, 0.15) is 34.1 Å². The van der Waals surface area contributed by atoms with Crippen molar-refractivity contribution in [3.05, 3.63) is 0 Å². The Kier molecular flexibility index (Phi) is 10.4. The number of sulfonamides is 1. The quantitative estimate of drug-likeness (QED) is 0.229. The van der Waals surface area contributed by atoms with E-state index >= 15 is 0 Å². The number of sulfone groups is 1. The predicted octanol–water partition coefficient (Wildman–Crippen LogP) is 0.751. The summed E-state index contributed by atoms with van der Waals surface area (Å²) in [5, 5.41) is 3.20. The molecule has 156 valence electrons. The lowest BCUT2D eigenvalue weighted by Gasteiger charge is -2.39. The molecule has 0 aromatic rings. The molecule has 0 unspecified atom stereocenters. The minimum Gasteiger partial charge on any atom is -0.357 e. The molecule has 1 aliphatic heterocycles. The standard InChI is InChI=1S/C15H32N4O4S2.HI/c1-6-16-14(17-9-8-10-19(7-2)24(5,20)21)18-11-12-25(22,23)15(3,4)13-18;/h6-13H2,1-5H3,(H,16,17);1H. The molecule has 0 bridgehead atoms. The summed E-state index contributed by atoms with van der Waals surface area (Å²) in [5.74, 6) is 0.801. The molecule has 0 radical (unpaired) electrons. The van der Waals surface area contributed by atoms with Crippen LogP contribution in [0.25, 0.3) is 0 Å². The maximum atomic E-state index is 12.1. The van der Waals surface area contributed by atoms with E-state index in [1.165, 1.54) is 10.6 Å². The molecule has 0 spiro atoms. The highest BCUT2D eigenvalue weighted by Crippen LogP contribution is 2.23. The van der Waals surface area contributed by atoms with Gasteiger partial charge in [0.15, 0.2) is 15.8 Å². The van der Waals surface area contributed by atoms with E-state index in [0.717, 1.165) is 0 Å². The Labute approximate surface area is 175 Å². The van der Waals surface area contributed by atoms with Crippen LogP contribution >= 0.6 is 24.0 Å². The highest BCUT2D eigenvalue weighted by Gasteiger charge is 2.40. The first-order valence-electron chi connectivity index (χ1n) is 8.65. The maximum Gasteiger partial charge on any atom is 0.211 e. The fourth-order valence-electron chi connectivity index (χ4n) is 2.74. The number of guanidine groups is 1. The molecule has 0 aromatic heterocycles. The second kappa shape index (κ2) is 10.4. The Balaban J connectivity index is 0.00000625. The van der Waals surface area contributed by atoms with Crippen molar-refractivity contribution >= 4 is 49.8 Å². The van der Waals surface area contributed by atoms with Crippen molar-refractivity contribution in [2.75, 3.05) is 51.3 Å². The van der Waals surface area contributed by atoms with Gasteiger partial charge in [-0.15, -0.1) is 24.0 Å². The van der Waals surface area contributed by atoms with Gasteiger partial charge in [-0.1, -0.05) is 6.92 Å². The number of aliphatic imine (C=N–C) groups is 1. The minimum absolute atomic E-state index is 0. The number of hydrogen-bond donors (Lipinski definition) is 1. The Bertz CT molecular complexity index is 678. The second-order valence-electron chi connectivity index (χ2n) is 6.84. The third-order valence-corrected chi connectivity index (χ3v) is 8.24. The van der Waals surface area contributed by atoms with Gasteiger partial charge in [0.2, 0.25) is 10.0 Å². The van der Waals surface area contributed by atoms with Crippen LogP contribution in [0.4, 0.5) is 0 Å². The average Bonchev–Trinajstić information content (AvgIpc) is 2.47. The van der Waals surface area contributed by atoms with E-state index in [9.17, 15) is 16.8 Å². The van der Waals surface area contributed by atoms with E-state index in [-0.39, 0.29) is 29.7 Å². The topological polar surface area (TPSA) is 99.2 Å². The maximum absolute atomic E-state index is 12.1. The summed E-state index contributed by atoms with van der Waals surface area (Å²) in [6.45, 7) is 10.1. The SMILES string of the molecule is CCNC(=NCCCN(CC)S(C)(=O)=O)N1CCS(=O)(=O)C(C)(C)C1.I. The molecule has 0 amide bonds. The van der Waals surface area contributed by atoms with Crippen LogP contribution in [-0.2, 0) is 19.9 Å². The lowest BCUT2D eigenvalue weighted by atomic mass is 10.2. The molecular weight excluding hydrogens is 491 g/mol. The molecule has 1 rings (SSSR count). The fraction of sp³-hybridized carbons (Fsp3) is 0.933. The van der Waals surface area contributed by atoms with Gasteiger partial charge in [-0.05, 0) is 27.2 Å². The Morgan fingerprint density at radius 1 is 1.31 bits per heavy atom. The third kappa shape index (κ3) is 7.12. The van der Waals surface area contributed by atoms with Gasteiger partial charge in [0, 0.05) is 39.3 Å². The molecule has 11 heteroatoms. The van der Waals surface area contributed by atoms with Crippen molar-refractivity contribution in [1.82, 2.24) is 14.5 Å². The molecule has 1 fully saturated rings. The first kappa shape index (κ1) is 25.9. The Hall–Kier alpha value is -0.140. The van der Waals surface area contributed by atoms with Crippen LogP contribution < -0.4 is 5.32 Å². The fourth-order valence-corrected chi connectivity index (χ4v) is 5.04. The van der Waals surface area contributed by atoms with Crippen molar-refractivity contribution in [3.63, 3.8) is 0 Å². The number of hydrogen-bond acceptors (Lipinski definition) is 5. The average molecular weight is 524 g/mol. The molecule has 1 heterocycles. The molecule has 0 atom stereocenters. The normalized spacial score (nSPS) is 19.9. The monoisotopic (exact) mass is 524 g/mol. The molecule has 8 nitrogen and oxygen atoms in total. The molecule has 1 aliphatic rings. The van der Waals surface area contributed by atoms with Crippen molar-refractivity contribution in [3.8, 4) is 0 Å². The summed E-state index contributed by atoms with van der Waals surface area (Å²) < 4.78 is 48.1. The van der Waals surface area contributed by atoms with Crippen LogP contribution in [0.5, 0.6) is 0 Å². The van der Waals surface area contributed by atoms with Gasteiger partial charge in [-0.3, -0.25) is 4.99 Å². The largest absolute Gasteiger partial charge is 0.357 e. The molecule has 0 saturated carbocycles. The van der Waals surface area contributed by atoms with Crippen LogP contribution in [0.15, 0.2) is 4.99 Å². The number of nitrogens with one attached hydrogen (secondary N) is 1. The molecule has 26 heavy (non-hydrogen) atoms. The predicted molar refractivity (Wildman–Crippen MR) is 118 cm³/mol. The Morgan fingerprint density at radius 3 is 2.38 bits per heavy atom. The van der Waals surface area contributed by atoms with E-state index in [0.29, 0.717) is 51.6 Å². The lowest BCUT2D eigenvalue weighted by molar-refractivity contribution is 0.353. The zero-order valence-electron chi connectivity index (χ0n) is 16.4. The van der Waals surface area contributed by atoms with Gasteiger partial charge in [0.1, 0.15) is 0 Å². The third-order valence-electron chi connectivity index (χ3n) is 4.33. The first-order chi connectivity index (χ1) is 11.4. The second-order valence-corrected chi connectivity index (χ2v) is 11.6. The molecular formula is C15H33IN4O4S2. The van der Waals surface area contributed by atoms with Crippen LogP contribution in [0, 0.1) is 0 Å². The molecule has 0 aromatic carbocycles. The number of halogens is 1. The minimum atomic E-state index is -3.18. The zero-order chi connectivity index (χ0) is 19.3. The van der Waals surface area contributed by atoms with Crippen LogP contribution in [0.3, 0.4) is 0 Å². The summed E-state index contributed by atoms with van der Waals surface area (Å²) in [6.07, 6.45) is 1.82. The van der Waals surface area contributed by atoms with Gasteiger partial charge in [-0.25, -0.2) is 21.1 Å². The number of rotatable bonds is 7. The van der Waals surface area contributed by atoms with E-state index in [2.05, 4.69) is 10.3 Å².